The first-order valence-electron chi connectivity index (χ1n) is 11.1. The average molecular weight is 481 g/mol. The fraction of sp³-hybridized carbons (Fsp3) is 0.0741. The molecule has 0 bridgehead atoms. The number of carbonyl (C=O) groups is 1. The SMILES string of the molecule is CC(=O)Nc1ccc(Nc2nc(C=Cc3ccccc3)c([N+](=O)[O-])c(N(C)c3ccccc3)n2)cc1. The molecule has 4 rings (SSSR count). The van der Waals surface area contributed by atoms with E-state index in [1.54, 1.807) is 48.4 Å². The maximum Gasteiger partial charge on any atom is 0.337 e. The molecule has 0 aliphatic carbocycles. The number of nitrogens with one attached hydrogen (secondary N) is 2. The normalized spacial score (nSPS) is 10.7. The first-order valence-corrected chi connectivity index (χ1v) is 11.1. The van der Waals surface area contributed by atoms with Crippen LogP contribution in [0.5, 0.6) is 0 Å². The van der Waals surface area contributed by atoms with Crippen LogP contribution in [0.4, 0.5) is 34.5 Å². The van der Waals surface area contributed by atoms with Gasteiger partial charge in [-0.2, -0.15) is 4.98 Å². The van der Waals surface area contributed by atoms with Crippen LogP contribution in [0, 0.1) is 10.1 Å². The minimum atomic E-state index is -0.467. The molecule has 0 atom stereocenters. The Morgan fingerprint density at radius 1 is 0.889 bits per heavy atom. The van der Waals surface area contributed by atoms with Crippen LogP contribution >= 0.6 is 0 Å². The molecule has 0 fully saturated rings. The van der Waals surface area contributed by atoms with Gasteiger partial charge < -0.3 is 15.5 Å². The van der Waals surface area contributed by atoms with Gasteiger partial charge in [0, 0.05) is 31.0 Å². The number of aromatic nitrogens is 2. The lowest BCUT2D eigenvalue weighted by Crippen LogP contribution is -2.16. The molecular weight excluding hydrogens is 456 g/mol. The fourth-order valence-corrected chi connectivity index (χ4v) is 3.52. The van der Waals surface area contributed by atoms with E-state index >= 15 is 0 Å². The van der Waals surface area contributed by atoms with Crippen LogP contribution in [-0.4, -0.2) is 27.8 Å². The van der Waals surface area contributed by atoms with Gasteiger partial charge in [0.2, 0.25) is 17.7 Å². The summed E-state index contributed by atoms with van der Waals surface area (Å²) in [5.74, 6) is 0.169. The van der Waals surface area contributed by atoms with E-state index in [-0.39, 0.29) is 29.1 Å². The number of para-hydroxylation sites is 1. The number of hydrogen-bond acceptors (Lipinski definition) is 7. The molecule has 0 aliphatic heterocycles. The van der Waals surface area contributed by atoms with E-state index in [1.165, 1.54) is 6.92 Å². The van der Waals surface area contributed by atoms with Crippen LogP contribution in [-0.2, 0) is 4.79 Å². The molecule has 1 amide bonds. The average Bonchev–Trinajstić information content (AvgIpc) is 2.88. The Labute approximate surface area is 208 Å². The van der Waals surface area contributed by atoms with Gasteiger partial charge in [0.1, 0.15) is 5.69 Å². The van der Waals surface area contributed by atoms with E-state index in [9.17, 15) is 14.9 Å². The van der Waals surface area contributed by atoms with E-state index < -0.39 is 4.92 Å². The predicted molar refractivity (Wildman–Crippen MR) is 143 cm³/mol. The van der Waals surface area contributed by atoms with Crippen molar-refractivity contribution in [1.29, 1.82) is 0 Å². The number of nitrogens with zero attached hydrogens (tertiary/aromatic N) is 4. The topological polar surface area (TPSA) is 113 Å². The van der Waals surface area contributed by atoms with Crippen molar-refractivity contribution in [3.63, 3.8) is 0 Å². The second kappa shape index (κ2) is 10.9. The summed E-state index contributed by atoms with van der Waals surface area (Å²) in [6, 6.07) is 25.7. The molecule has 2 N–H and O–H groups in total. The zero-order valence-corrected chi connectivity index (χ0v) is 19.8. The molecule has 0 aliphatic rings. The van der Waals surface area contributed by atoms with Crippen molar-refractivity contribution in [2.75, 3.05) is 22.6 Å². The molecule has 0 radical (unpaired) electrons. The third-order valence-corrected chi connectivity index (χ3v) is 5.23. The van der Waals surface area contributed by atoms with Gasteiger partial charge >= 0.3 is 5.69 Å². The number of amides is 1. The molecular formula is C27H24N6O3. The Morgan fingerprint density at radius 2 is 1.50 bits per heavy atom. The number of rotatable bonds is 8. The third kappa shape index (κ3) is 5.89. The highest BCUT2D eigenvalue weighted by Gasteiger charge is 2.27. The van der Waals surface area contributed by atoms with E-state index in [1.807, 2.05) is 60.7 Å². The maximum atomic E-state index is 12.2. The smallest absolute Gasteiger partial charge is 0.326 e. The Balaban J connectivity index is 1.78. The van der Waals surface area contributed by atoms with E-state index in [0.29, 0.717) is 11.4 Å². The zero-order valence-electron chi connectivity index (χ0n) is 19.8. The van der Waals surface area contributed by atoms with Gasteiger partial charge in [0.25, 0.3) is 0 Å². The molecule has 36 heavy (non-hydrogen) atoms. The second-order valence-corrected chi connectivity index (χ2v) is 7.88. The van der Waals surface area contributed by atoms with E-state index in [0.717, 1.165) is 11.3 Å². The van der Waals surface area contributed by atoms with Crippen molar-refractivity contribution in [3.05, 3.63) is 106 Å². The van der Waals surface area contributed by atoms with Crippen molar-refractivity contribution < 1.29 is 9.72 Å². The summed E-state index contributed by atoms with van der Waals surface area (Å²) in [7, 11) is 1.72. The highest BCUT2D eigenvalue weighted by molar-refractivity contribution is 5.89. The van der Waals surface area contributed by atoms with Gasteiger partial charge in [-0.15, -0.1) is 0 Å². The van der Waals surface area contributed by atoms with Crippen LogP contribution in [0.1, 0.15) is 18.2 Å². The number of nitro groups is 1. The monoisotopic (exact) mass is 480 g/mol. The lowest BCUT2D eigenvalue weighted by Gasteiger charge is -2.19. The quantitative estimate of drug-likeness (QED) is 0.234. The summed E-state index contributed by atoms with van der Waals surface area (Å²) in [5, 5.41) is 18.0. The van der Waals surface area contributed by atoms with Gasteiger partial charge in [-0.1, -0.05) is 54.6 Å². The highest BCUT2D eigenvalue weighted by Crippen LogP contribution is 2.35. The molecule has 1 aromatic heterocycles. The first-order chi connectivity index (χ1) is 17.4. The van der Waals surface area contributed by atoms with Crippen molar-refractivity contribution in [1.82, 2.24) is 9.97 Å². The van der Waals surface area contributed by atoms with Crippen LogP contribution in [0.15, 0.2) is 84.9 Å². The molecule has 0 spiro atoms. The lowest BCUT2D eigenvalue weighted by atomic mass is 10.2. The van der Waals surface area contributed by atoms with Crippen LogP contribution < -0.4 is 15.5 Å². The van der Waals surface area contributed by atoms with Gasteiger partial charge in [-0.05, 0) is 48.0 Å². The lowest BCUT2D eigenvalue weighted by molar-refractivity contribution is -0.384. The Bertz CT molecular complexity index is 1390. The van der Waals surface area contributed by atoms with Gasteiger partial charge in [0.05, 0.1) is 4.92 Å². The van der Waals surface area contributed by atoms with Crippen molar-refractivity contribution in [3.8, 4) is 0 Å². The summed E-state index contributed by atoms with van der Waals surface area (Å²) in [4.78, 5) is 33.6. The summed E-state index contributed by atoms with van der Waals surface area (Å²) >= 11 is 0. The van der Waals surface area contributed by atoms with E-state index in [4.69, 9.17) is 0 Å². The van der Waals surface area contributed by atoms with Crippen LogP contribution in [0.3, 0.4) is 0 Å². The Hall–Kier alpha value is -5.05. The standard InChI is InChI=1S/C27H24N6O3/c1-19(34)28-21-14-16-22(17-15-21)29-27-30-24(18-13-20-9-5-3-6-10-20)25(33(35)36)26(31-27)32(2)23-11-7-4-8-12-23/h3-18H,1-2H3,(H,28,34)(H,29,30,31). The molecule has 180 valence electrons. The summed E-state index contributed by atoms with van der Waals surface area (Å²) in [6.07, 6.45) is 3.39. The highest BCUT2D eigenvalue weighted by atomic mass is 16.6. The molecule has 0 saturated carbocycles. The molecule has 4 aromatic rings. The first kappa shape index (κ1) is 24.1. The van der Waals surface area contributed by atoms with Gasteiger partial charge in [-0.3, -0.25) is 14.9 Å². The zero-order chi connectivity index (χ0) is 25.5. The second-order valence-electron chi connectivity index (χ2n) is 7.88. The van der Waals surface area contributed by atoms with Gasteiger partial charge in [-0.25, -0.2) is 4.98 Å². The third-order valence-electron chi connectivity index (χ3n) is 5.23. The van der Waals surface area contributed by atoms with Crippen molar-refractivity contribution >= 4 is 52.6 Å². The molecule has 0 unspecified atom stereocenters. The van der Waals surface area contributed by atoms with Crippen LogP contribution in [0.2, 0.25) is 0 Å². The minimum absolute atomic E-state index is 0.145. The van der Waals surface area contributed by atoms with Gasteiger partial charge in [0.15, 0.2) is 0 Å². The largest absolute Gasteiger partial charge is 0.337 e. The number of carbonyl (C=O) groups excluding carboxylic acids is 1. The summed E-state index contributed by atoms with van der Waals surface area (Å²) in [6.45, 7) is 1.44. The molecule has 1 heterocycles. The van der Waals surface area contributed by atoms with Crippen molar-refractivity contribution in [2.24, 2.45) is 0 Å². The number of anilines is 5. The fourth-order valence-electron chi connectivity index (χ4n) is 3.52. The molecule has 9 heteroatoms. The molecule has 0 saturated heterocycles. The maximum absolute atomic E-state index is 12.2. The van der Waals surface area contributed by atoms with Crippen molar-refractivity contribution in [2.45, 2.75) is 6.92 Å². The number of benzene rings is 3. The Kier molecular flexibility index (Phi) is 7.30. The summed E-state index contributed by atoms with van der Waals surface area (Å²) < 4.78 is 0. The predicted octanol–water partition coefficient (Wildman–Crippen LogP) is 6.03. The molecule has 9 nitrogen and oxygen atoms in total. The minimum Gasteiger partial charge on any atom is -0.326 e. The van der Waals surface area contributed by atoms with E-state index in [2.05, 4.69) is 20.6 Å². The van der Waals surface area contributed by atoms with Crippen LogP contribution in [0.25, 0.3) is 12.2 Å². The number of hydrogen-bond donors (Lipinski definition) is 2. The summed E-state index contributed by atoms with van der Waals surface area (Å²) in [5.41, 5.74) is 2.88. The Morgan fingerprint density at radius 3 is 2.11 bits per heavy atom. The molecule has 3 aromatic carbocycles.